The number of rotatable bonds is 7. The van der Waals surface area contributed by atoms with E-state index in [0.29, 0.717) is 12.5 Å². The molecule has 0 amide bonds. The summed E-state index contributed by atoms with van der Waals surface area (Å²) in [6, 6.07) is 12.2. The molecule has 0 aliphatic carbocycles. The van der Waals surface area contributed by atoms with Crippen LogP contribution >= 0.6 is 0 Å². The molecular weight excluding hydrogens is 372 g/mol. The number of aryl methyl sites for hydroxylation is 2. The summed E-state index contributed by atoms with van der Waals surface area (Å²) >= 11 is 0. The van der Waals surface area contributed by atoms with Gasteiger partial charge in [0.25, 0.3) is 0 Å². The summed E-state index contributed by atoms with van der Waals surface area (Å²) in [7, 11) is 0. The molecule has 1 N–H and O–H groups in total. The van der Waals surface area contributed by atoms with Crippen LogP contribution in [-0.2, 0) is 6.61 Å². The molecule has 3 aromatic rings. The van der Waals surface area contributed by atoms with Crippen molar-refractivity contribution in [2.45, 2.75) is 48.1 Å². The normalized spacial score (nSPS) is 12.5. The van der Waals surface area contributed by atoms with Crippen molar-refractivity contribution >= 4 is 5.71 Å². The number of nitrogens with zero attached hydrogens (tertiary/aromatic N) is 3. The summed E-state index contributed by atoms with van der Waals surface area (Å²) in [5.41, 5.74) is 8.39. The Morgan fingerprint density at radius 3 is 2.40 bits per heavy atom. The van der Waals surface area contributed by atoms with E-state index < -0.39 is 0 Å². The molecule has 0 saturated carbocycles. The van der Waals surface area contributed by atoms with E-state index in [4.69, 9.17) is 4.74 Å². The molecular formula is C25H30N4O. The minimum absolute atomic E-state index is 0.415. The van der Waals surface area contributed by atoms with Gasteiger partial charge in [0.1, 0.15) is 12.4 Å². The molecule has 0 atom stereocenters. The first kappa shape index (κ1) is 21.5. The van der Waals surface area contributed by atoms with Crippen molar-refractivity contribution < 1.29 is 4.74 Å². The molecule has 0 bridgehead atoms. The minimum atomic E-state index is 0.415. The number of aromatic nitrogens is 3. The van der Waals surface area contributed by atoms with E-state index in [1.165, 1.54) is 5.57 Å². The number of nitrogens with one attached hydrogen (secondary N) is 1. The van der Waals surface area contributed by atoms with Gasteiger partial charge in [0.15, 0.2) is 0 Å². The Balaban J connectivity index is 1.69. The third kappa shape index (κ3) is 5.44. The van der Waals surface area contributed by atoms with Crippen LogP contribution in [0, 0.1) is 19.8 Å². The molecule has 2 heterocycles. The Bertz CT molecular complexity index is 1040. The Hall–Kier alpha value is -3.21. The lowest BCUT2D eigenvalue weighted by molar-refractivity contribution is 0.301. The van der Waals surface area contributed by atoms with Crippen molar-refractivity contribution in [3.8, 4) is 16.9 Å². The lowest BCUT2D eigenvalue weighted by Crippen LogP contribution is -1.99. The van der Waals surface area contributed by atoms with E-state index in [0.717, 1.165) is 45.2 Å². The van der Waals surface area contributed by atoms with Crippen molar-refractivity contribution in [2.24, 2.45) is 10.9 Å². The Morgan fingerprint density at radius 2 is 1.77 bits per heavy atom. The van der Waals surface area contributed by atoms with Crippen LogP contribution in [0.5, 0.6) is 5.75 Å². The van der Waals surface area contributed by atoms with Crippen LogP contribution < -0.4 is 4.74 Å². The van der Waals surface area contributed by atoms with Crippen LogP contribution in [0.2, 0.25) is 0 Å². The van der Waals surface area contributed by atoms with Gasteiger partial charge in [-0.15, -0.1) is 0 Å². The molecule has 3 rings (SSSR count). The van der Waals surface area contributed by atoms with E-state index in [2.05, 4.69) is 53.1 Å². The van der Waals surface area contributed by atoms with Crippen LogP contribution in [0.15, 0.2) is 59.4 Å². The van der Waals surface area contributed by atoms with Gasteiger partial charge in [0, 0.05) is 28.9 Å². The first-order valence-corrected chi connectivity index (χ1v) is 10.3. The van der Waals surface area contributed by atoms with Crippen molar-refractivity contribution in [3.05, 3.63) is 77.0 Å². The molecule has 30 heavy (non-hydrogen) atoms. The van der Waals surface area contributed by atoms with Crippen LogP contribution in [0.3, 0.4) is 0 Å². The number of aliphatic imine (C=N–C) groups is 1. The molecule has 0 saturated heterocycles. The number of aromatic amines is 1. The Morgan fingerprint density at radius 1 is 1.10 bits per heavy atom. The third-order valence-corrected chi connectivity index (χ3v) is 5.14. The highest BCUT2D eigenvalue weighted by Gasteiger charge is 2.10. The van der Waals surface area contributed by atoms with Crippen molar-refractivity contribution in [1.29, 1.82) is 0 Å². The zero-order valence-electron chi connectivity index (χ0n) is 18.7. The van der Waals surface area contributed by atoms with Crippen molar-refractivity contribution in [1.82, 2.24) is 15.2 Å². The highest BCUT2D eigenvalue weighted by atomic mass is 16.5. The molecule has 1 aromatic carbocycles. The first-order chi connectivity index (χ1) is 14.3. The monoisotopic (exact) mass is 402 g/mol. The average Bonchev–Trinajstić information content (AvgIpc) is 3.18. The van der Waals surface area contributed by atoms with Crippen LogP contribution in [0.1, 0.15) is 50.3 Å². The number of H-pyrrole nitrogens is 1. The molecule has 5 nitrogen and oxygen atoms in total. The number of pyridine rings is 1. The maximum Gasteiger partial charge on any atom is 0.130 e. The van der Waals surface area contributed by atoms with Gasteiger partial charge in [0.2, 0.25) is 0 Å². The second-order valence-electron chi connectivity index (χ2n) is 7.96. The molecule has 0 aliphatic heterocycles. The third-order valence-electron chi connectivity index (χ3n) is 5.14. The number of hydrogen-bond donors (Lipinski definition) is 1. The van der Waals surface area contributed by atoms with Gasteiger partial charge in [0.05, 0.1) is 11.9 Å². The highest BCUT2D eigenvalue weighted by Crippen LogP contribution is 2.25. The summed E-state index contributed by atoms with van der Waals surface area (Å²) in [5, 5.41) is 7.27. The SMILES string of the molecule is CC(=N/C=C(/C)C(C)C)c1ccc(OCc2[nH]ncc2-c2cc(C)nc(C)c2)cc1. The fourth-order valence-corrected chi connectivity index (χ4v) is 3.03. The van der Waals surface area contributed by atoms with Gasteiger partial charge in [-0.05, 0) is 81.1 Å². The van der Waals surface area contributed by atoms with Crippen molar-refractivity contribution in [2.75, 3.05) is 0 Å². The maximum atomic E-state index is 6.00. The lowest BCUT2D eigenvalue weighted by Gasteiger charge is -2.09. The highest BCUT2D eigenvalue weighted by molar-refractivity contribution is 5.99. The van der Waals surface area contributed by atoms with E-state index in [-0.39, 0.29) is 0 Å². The smallest absolute Gasteiger partial charge is 0.130 e. The zero-order valence-corrected chi connectivity index (χ0v) is 18.7. The zero-order chi connectivity index (χ0) is 21.7. The quantitative estimate of drug-likeness (QED) is 0.490. The van der Waals surface area contributed by atoms with E-state index in [9.17, 15) is 0 Å². The molecule has 5 heteroatoms. The number of ether oxygens (including phenoxy) is 1. The predicted octanol–water partition coefficient (Wildman–Crippen LogP) is 6.04. The van der Waals surface area contributed by atoms with E-state index in [1.54, 1.807) is 0 Å². The lowest BCUT2D eigenvalue weighted by atomic mass is 10.1. The predicted molar refractivity (Wildman–Crippen MR) is 123 cm³/mol. The number of benzene rings is 1. The van der Waals surface area contributed by atoms with Gasteiger partial charge in [-0.2, -0.15) is 5.10 Å². The number of hydrogen-bond acceptors (Lipinski definition) is 4. The summed E-state index contributed by atoms with van der Waals surface area (Å²) in [4.78, 5) is 9.03. The van der Waals surface area contributed by atoms with Crippen LogP contribution in [-0.4, -0.2) is 20.9 Å². The minimum Gasteiger partial charge on any atom is -0.487 e. The fourth-order valence-electron chi connectivity index (χ4n) is 3.03. The van der Waals surface area contributed by atoms with E-state index >= 15 is 0 Å². The van der Waals surface area contributed by atoms with Crippen molar-refractivity contribution in [3.63, 3.8) is 0 Å². The van der Waals surface area contributed by atoms with Crippen LogP contribution in [0.25, 0.3) is 11.1 Å². The molecule has 2 aromatic heterocycles. The topological polar surface area (TPSA) is 63.2 Å². The molecule has 0 spiro atoms. The Labute approximate surface area is 178 Å². The van der Waals surface area contributed by atoms with Gasteiger partial charge in [-0.3, -0.25) is 15.1 Å². The second-order valence-corrected chi connectivity index (χ2v) is 7.96. The molecule has 0 unspecified atom stereocenters. The van der Waals surface area contributed by atoms with E-state index in [1.807, 2.05) is 57.4 Å². The molecule has 156 valence electrons. The standard InChI is InChI=1S/C25H30N4O/c1-16(2)17(3)13-26-20(6)21-7-9-23(10-8-21)30-15-25-24(14-27-29-25)22-11-18(4)28-19(5)12-22/h7-14,16H,15H2,1-6H3,(H,27,29)/b17-13-,26-20?. The summed E-state index contributed by atoms with van der Waals surface area (Å²) in [6.45, 7) is 12.9. The number of allylic oxidation sites excluding steroid dienone is 1. The molecule has 0 fully saturated rings. The van der Waals surface area contributed by atoms with Gasteiger partial charge in [-0.1, -0.05) is 19.4 Å². The fraction of sp³-hybridized carbons (Fsp3) is 0.320. The molecule has 0 aliphatic rings. The average molecular weight is 403 g/mol. The van der Waals surface area contributed by atoms with Gasteiger partial charge in [-0.25, -0.2) is 0 Å². The summed E-state index contributed by atoms with van der Waals surface area (Å²) in [5.74, 6) is 1.31. The summed E-state index contributed by atoms with van der Waals surface area (Å²) in [6.07, 6.45) is 3.79. The van der Waals surface area contributed by atoms with Gasteiger partial charge >= 0.3 is 0 Å². The first-order valence-electron chi connectivity index (χ1n) is 10.3. The van der Waals surface area contributed by atoms with Gasteiger partial charge < -0.3 is 4.74 Å². The Kier molecular flexibility index (Phi) is 6.83. The van der Waals surface area contributed by atoms with Crippen LogP contribution in [0.4, 0.5) is 0 Å². The molecule has 0 radical (unpaired) electrons. The largest absolute Gasteiger partial charge is 0.487 e. The maximum absolute atomic E-state index is 6.00. The summed E-state index contributed by atoms with van der Waals surface area (Å²) < 4.78 is 6.00. The second kappa shape index (κ2) is 9.53.